The summed E-state index contributed by atoms with van der Waals surface area (Å²) >= 11 is 6.73. The van der Waals surface area contributed by atoms with Crippen molar-refractivity contribution < 1.29 is 18.7 Å². The second kappa shape index (κ2) is 14.1. The minimum atomic E-state index is -0.583. The summed E-state index contributed by atoms with van der Waals surface area (Å²) in [6.07, 6.45) is 5.63. The van der Waals surface area contributed by atoms with Crippen LogP contribution in [0.3, 0.4) is 0 Å². The van der Waals surface area contributed by atoms with E-state index in [9.17, 15) is 4.79 Å². The molecular formula is C30H29FN6O3S2. The number of anilines is 1. The summed E-state index contributed by atoms with van der Waals surface area (Å²) in [5, 5.41) is 13.3. The lowest BCUT2D eigenvalue weighted by molar-refractivity contribution is -0.119. The summed E-state index contributed by atoms with van der Waals surface area (Å²) < 4.78 is 28.8. The zero-order valence-electron chi connectivity index (χ0n) is 22.8. The van der Waals surface area contributed by atoms with Crippen molar-refractivity contribution in [3.63, 3.8) is 0 Å². The van der Waals surface area contributed by atoms with Crippen molar-refractivity contribution in [2.24, 2.45) is 0 Å². The number of pyridine rings is 1. The molecule has 0 aliphatic carbocycles. The number of ether oxygens (including phenoxy) is 2. The Kier molecular flexibility index (Phi) is 9.82. The molecule has 0 bridgehead atoms. The number of hydrogen-bond acceptors (Lipinski definition) is 8. The number of benzene rings is 2. The molecular weight excluding hydrogens is 576 g/mol. The number of rotatable bonds is 12. The molecule has 0 spiro atoms. The monoisotopic (exact) mass is 604 g/mol. The maximum atomic E-state index is 15.0. The minimum absolute atomic E-state index is 0.0517. The first kappa shape index (κ1) is 29.3. The van der Waals surface area contributed by atoms with Crippen LogP contribution in [-0.2, 0) is 22.5 Å². The van der Waals surface area contributed by atoms with E-state index in [-0.39, 0.29) is 23.2 Å². The number of thiophene rings is 1. The van der Waals surface area contributed by atoms with Gasteiger partial charge in [-0.3, -0.25) is 14.5 Å². The molecule has 12 heteroatoms. The number of amides is 1. The first-order chi connectivity index (χ1) is 20.5. The number of hydrogen-bond donors (Lipinski definition) is 3. The number of fused-ring (bicyclic) bond motifs is 1. The van der Waals surface area contributed by atoms with E-state index in [4.69, 9.17) is 21.7 Å². The Hall–Kier alpha value is -4.23. The molecule has 3 heterocycles. The highest BCUT2D eigenvalue weighted by molar-refractivity contribution is 7.80. The fourth-order valence-corrected chi connectivity index (χ4v) is 5.41. The topological polar surface area (TPSA) is 102 Å². The quantitative estimate of drug-likeness (QED) is 0.129. The highest BCUT2D eigenvalue weighted by atomic mass is 32.1. The van der Waals surface area contributed by atoms with Gasteiger partial charge in [0.25, 0.3) is 0 Å². The number of thiocarbonyl (C=S) groups is 1. The summed E-state index contributed by atoms with van der Waals surface area (Å²) in [6.45, 7) is 2.97. The summed E-state index contributed by atoms with van der Waals surface area (Å²) in [7, 11) is 1.68. The smallest absolute Gasteiger partial charge is 0.230 e. The molecule has 0 atom stereocenters. The molecule has 0 fully saturated rings. The highest BCUT2D eigenvalue weighted by Gasteiger charge is 2.15. The van der Waals surface area contributed by atoms with Crippen LogP contribution in [-0.4, -0.2) is 52.6 Å². The third-order valence-electron chi connectivity index (χ3n) is 6.16. The second-order valence-corrected chi connectivity index (χ2v) is 10.7. The predicted molar refractivity (Wildman–Crippen MR) is 167 cm³/mol. The molecule has 3 N–H and O–H groups in total. The van der Waals surface area contributed by atoms with Crippen LogP contribution < -0.4 is 20.7 Å². The van der Waals surface area contributed by atoms with Gasteiger partial charge >= 0.3 is 0 Å². The lowest BCUT2D eigenvalue weighted by atomic mass is 10.1. The van der Waals surface area contributed by atoms with Gasteiger partial charge in [-0.2, -0.15) is 5.10 Å². The van der Waals surface area contributed by atoms with E-state index in [1.807, 2.05) is 53.5 Å². The third kappa shape index (κ3) is 7.74. The molecule has 0 unspecified atom stereocenters. The summed E-state index contributed by atoms with van der Waals surface area (Å²) in [4.78, 5) is 17.7. The Morgan fingerprint density at radius 3 is 2.76 bits per heavy atom. The van der Waals surface area contributed by atoms with Crippen molar-refractivity contribution in [3.05, 3.63) is 90.6 Å². The predicted octanol–water partition coefficient (Wildman–Crippen LogP) is 5.38. The average molecular weight is 605 g/mol. The third-order valence-corrected chi connectivity index (χ3v) is 7.56. The van der Waals surface area contributed by atoms with Crippen LogP contribution in [0, 0.1) is 5.82 Å². The molecule has 9 nitrogen and oxygen atoms in total. The molecule has 5 aromatic rings. The van der Waals surface area contributed by atoms with Crippen LogP contribution in [0.5, 0.6) is 11.5 Å². The van der Waals surface area contributed by atoms with Crippen LogP contribution in [0.25, 0.3) is 20.7 Å². The average Bonchev–Trinajstić information content (AvgIpc) is 3.63. The van der Waals surface area contributed by atoms with E-state index in [2.05, 4.69) is 26.0 Å². The molecule has 0 saturated carbocycles. The molecule has 0 aliphatic rings. The fourth-order valence-electron chi connectivity index (χ4n) is 4.14. The van der Waals surface area contributed by atoms with Crippen molar-refractivity contribution in [2.45, 2.75) is 13.0 Å². The molecule has 3 aromatic heterocycles. The van der Waals surface area contributed by atoms with Gasteiger partial charge in [-0.05, 0) is 36.0 Å². The van der Waals surface area contributed by atoms with E-state index in [0.717, 1.165) is 45.9 Å². The van der Waals surface area contributed by atoms with Gasteiger partial charge in [0.15, 0.2) is 16.7 Å². The molecule has 0 saturated heterocycles. The first-order valence-corrected chi connectivity index (χ1v) is 14.4. The van der Waals surface area contributed by atoms with Gasteiger partial charge in [0.05, 0.1) is 36.0 Å². The lowest BCUT2D eigenvalue weighted by Crippen LogP contribution is -2.35. The van der Waals surface area contributed by atoms with Crippen molar-refractivity contribution >= 4 is 50.5 Å². The Morgan fingerprint density at radius 1 is 1.10 bits per heavy atom. The largest absolute Gasteiger partial charge is 0.453 e. The standard InChI is InChI=1S/C30H29FN6O3S2/c1-39-14-12-32-11-13-37-19-21(18-34-37)27-17-24-29(42-27)26(9-10-33-24)40-25-8-7-22(16-23(25)31)35-30(41)36-28(38)15-20-5-3-2-4-6-20/h2-10,16-19,32H,11-15H2,1H3,(H2,35,36,38,41). The lowest BCUT2D eigenvalue weighted by Gasteiger charge is -2.12. The Labute approximate surface area is 251 Å². The van der Waals surface area contributed by atoms with E-state index >= 15 is 4.39 Å². The minimum Gasteiger partial charge on any atom is -0.453 e. The van der Waals surface area contributed by atoms with Crippen LogP contribution in [0.1, 0.15) is 5.56 Å². The van der Waals surface area contributed by atoms with Crippen molar-refractivity contribution in [2.75, 3.05) is 32.1 Å². The zero-order chi connectivity index (χ0) is 29.3. The Morgan fingerprint density at radius 2 is 1.95 bits per heavy atom. The number of carbonyl (C=O) groups excluding carboxylic acids is 1. The normalized spacial score (nSPS) is 11.0. The van der Waals surface area contributed by atoms with Crippen LogP contribution in [0.4, 0.5) is 10.1 Å². The maximum Gasteiger partial charge on any atom is 0.230 e. The zero-order valence-corrected chi connectivity index (χ0v) is 24.4. The molecule has 0 radical (unpaired) electrons. The summed E-state index contributed by atoms with van der Waals surface area (Å²) in [6, 6.07) is 17.4. The fraction of sp³-hybridized carbons (Fsp3) is 0.200. The van der Waals surface area contributed by atoms with Gasteiger partial charge in [0.2, 0.25) is 5.91 Å². The summed E-state index contributed by atoms with van der Waals surface area (Å²) in [5.41, 5.74) is 2.96. The van der Waals surface area contributed by atoms with Gasteiger partial charge in [0.1, 0.15) is 5.75 Å². The molecule has 42 heavy (non-hydrogen) atoms. The maximum absolute atomic E-state index is 15.0. The number of methoxy groups -OCH3 is 1. The first-order valence-electron chi connectivity index (χ1n) is 13.2. The Balaban J connectivity index is 1.21. The van der Waals surface area contributed by atoms with Crippen molar-refractivity contribution in [3.8, 4) is 21.9 Å². The second-order valence-electron chi connectivity index (χ2n) is 9.28. The number of aromatic nitrogens is 3. The van der Waals surface area contributed by atoms with E-state index in [1.165, 1.54) is 23.5 Å². The molecule has 1 amide bonds. The van der Waals surface area contributed by atoms with Gasteiger partial charge < -0.3 is 25.4 Å². The van der Waals surface area contributed by atoms with Gasteiger partial charge in [-0.15, -0.1) is 11.3 Å². The number of nitrogens with one attached hydrogen (secondary N) is 3. The van der Waals surface area contributed by atoms with E-state index in [1.54, 1.807) is 25.4 Å². The van der Waals surface area contributed by atoms with Crippen molar-refractivity contribution in [1.82, 2.24) is 25.4 Å². The number of carbonyl (C=O) groups is 1. The van der Waals surface area contributed by atoms with Gasteiger partial charge in [-0.25, -0.2) is 4.39 Å². The molecule has 2 aromatic carbocycles. The van der Waals surface area contributed by atoms with Crippen LogP contribution in [0.15, 0.2) is 79.3 Å². The Bertz CT molecular complexity index is 1670. The van der Waals surface area contributed by atoms with E-state index < -0.39 is 5.82 Å². The SMILES string of the molecule is COCCNCCn1cc(-c2cc3nccc(Oc4ccc(NC(=S)NC(=O)Cc5ccccc5)cc4F)c3s2)cn1. The van der Waals surface area contributed by atoms with E-state index in [0.29, 0.717) is 18.0 Å². The number of halogens is 1. The molecule has 0 aliphatic heterocycles. The summed E-state index contributed by atoms with van der Waals surface area (Å²) in [5.74, 6) is -0.302. The number of nitrogens with zero attached hydrogens (tertiary/aromatic N) is 3. The van der Waals surface area contributed by atoms with Crippen LogP contribution in [0.2, 0.25) is 0 Å². The molecule has 5 rings (SSSR count). The van der Waals surface area contributed by atoms with Crippen LogP contribution >= 0.6 is 23.6 Å². The van der Waals surface area contributed by atoms with Gasteiger partial charge in [-0.1, -0.05) is 30.3 Å². The van der Waals surface area contributed by atoms with Crippen molar-refractivity contribution in [1.29, 1.82) is 0 Å². The molecule has 216 valence electrons. The highest BCUT2D eigenvalue weighted by Crippen LogP contribution is 2.39. The van der Waals surface area contributed by atoms with Gasteiger partial charge in [0, 0.05) is 60.9 Å².